The summed E-state index contributed by atoms with van der Waals surface area (Å²) in [5.41, 5.74) is 3.09. The molecule has 9 nitrogen and oxygen atoms in total. The summed E-state index contributed by atoms with van der Waals surface area (Å²) in [6, 6.07) is 5.39. The molecular formula is C20H19F3N4O5S. The molecule has 0 aliphatic rings. The summed E-state index contributed by atoms with van der Waals surface area (Å²) in [7, 11) is 0. The van der Waals surface area contributed by atoms with Crippen LogP contribution in [0.15, 0.2) is 32.2 Å². The molecule has 0 saturated carbocycles. The van der Waals surface area contributed by atoms with Gasteiger partial charge in [0, 0.05) is 11.4 Å². The minimum atomic E-state index is -5.08. The number of aryl methyl sites for hydroxylation is 2. The van der Waals surface area contributed by atoms with Crippen molar-refractivity contribution in [1.82, 2.24) is 20.3 Å². The number of hydrogen-bond acceptors (Lipinski definition) is 7. The summed E-state index contributed by atoms with van der Waals surface area (Å²) in [6.07, 6.45) is -5.08. The average molecular weight is 484 g/mol. The Hall–Kier alpha value is -3.45. The van der Waals surface area contributed by atoms with Crippen LogP contribution in [-0.4, -0.2) is 32.2 Å². The molecule has 1 unspecified atom stereocenters. The molecule has 4 N–H and O–H groups in total. The van der Waals surface area contributed by atoms with E-state index in [-0.39, 0.29) is 11.6 Å². The number of aromatic amines is 2. The first-order valence-corrected chi connectivity index (χ1v) is 10.3. The van der Waals surface area contributed by atoms with E-state index in [0.717, 1.165) is 20.8 Å². The normalized spacial score (nSPS) is 12.5. The highest BCUT2D eigenvalue weighted by atomic mass is 32.1. The van der Waals surface area contributed by atoms with Crippen LogP contribution in [0.25, 0.3) is 21.3 Å². The van der Waals surface area contributed by atoms with Crippen molar-refractivity contribution < 1.29 is 27.5 Å². The third-order valence-corrected chi connectivity index (χ3v) is 5.91. The van der Waals surface area contributed by atoms with Gasteiger partial charge in [-0.1, -0.05) is 6.07 Å². The molecule has 1 atom stereocenters. The highest BCUT2D eigenvalue weighted by Gasteiger charge is 2.38. The Labute approximate surface area is 187 Å². The second-order valence-electron chi connectivity index (χ2n) is 7.17. The number of nitrogens with one attached hydrogen (secondary N) is 3. The van der Waals surface area contributed by atoms with Gasteiger partial charge in [0.1, 0.15) is 10.7 Å². The van der Waals surface area contributed by atoms with Gasteiger partial charge >= 0.3 is 17.9 Å². The number of oxazole rings is 1. The van der Waals surface area contributed by atoms with Gasteiger partial charge in [0.15, 0.2) is 5.58 Å². The number of rotatable bonds is 4. The minimum Gasteiger partial charge on any atom is -0.475 e. The topological polar surface area (TPSA) is 141 Å². The average Bonchev–Trinajstić information content (AvgIpc) is 3.23. The molecule has 0 saturated heterocycles. The number of fused-ring (bicyclic) bond motifs is 2. The third-order valence-electron chi connectivity index (χ3n) is 4.81. The maximum Gasteiger partial charge on any atom is 0.490 e. The third kappa shape index (κ3) is 5.49. The number of carboxylic acids is 1. The van der Waals surface area contributed by atoms with Crippen LogP contribution in [0.1, 0.15) is 34.8 Å². The zero-order valence-corrected chi connectivity index (χ0v) is 18.4. The standard InChI is InChI=1S/C18H18N4O3S.C2HF3O2/c1-8-10(3)26-17-14(8)16(23)21-15(22-17)9(2)19-7-11-4-5-13-12(6-11)20-18(24)25-13;3-2(4,5)1(6)7/h4-6,9,19H,7H2,1-3H3,(H,20,24)(H,21,22,23);(H,6,7). The molecule has 33 heavy (non-hydrogen) atoms. The number of aliphatic carboxylic acids is 1. The van der Waals surface area contributed by atoms with Crippen molar-refractivity contribution in [1.29, 1.82) is 0 Å². The van der Waals surface area contributed by atoms with Gasteiger partial charge in [0.2, 0.25) is 0 Å². The van der Waals surface area contributed by atoms with Gasteiger partial charge in [-0.05, 0) is 44.0 Å². The second kappa shape index (κ2) is 9.19. The lowest BCUT2D eigenvalue weighted by atomic mass is 10.2. The lowest BCUT2D eigenvalue weighted by molar-refractivity contribution is -0.192. The van der Waals surface area contributed by atoms with Crippen LogP contribution in [0.3, 0.4) is 0 Å². The molecule has 3 aromatic heterocycles. The fourth-order valence-corrected chi connectivity index (χ4v) is 3.99. The molecule has 0 fully saturated rings. The number of nitrogens with zero attached hydrogens (tertiary/aromatic N) is 1. The molecule has 4 rings (SSSR count). The predicted molar refractivity (Wildman–Crippen MR) is 115 cm³/mol. The van der Waals surface area contributed by atoms with Gasteiger partial charge in [-0.25, -0.2) is 14.6 Å². The van der Waals surface area contributed by atoms with Crippen molar-refractivity contribution in [2.24, 2.45) is 0 Å². The summed E-state index contributed by atoms with van der Waals surface area (Å²) in [6.45, 7) is 6.46. The Balaban J connectivity index is 0.000000383. The fraction of sp³-hybridized carbons (Fsp3) is 0.300. The van der Waals surface area contributed by atoms with E-state index in [0.29, 0.717) is 28.9 Å². The number of benzene rings is 1. The van der Waals surface area contributed by atoms with Crippen LogP contribution in [0.2, 0.25) is 0 Å². The maximum absolute atomic E-state index is 12.4. The molecule has 0 radical (unpaired) electrons. The quantitative estimate of drug-likeness (QED) is 0.347. The largest absolute Gasteiger partial charge is 0.490 e. The molecule has 3 heterocycles. The summed E-state index contributed by atoms with van der Waals surface area (Å²) in [5.74, 6) is -2.61. The van der Waals surface area contributed by atoms with Crippen molar-refractivity contribution in [3.05, 3.63) is 60.9 Å². The van der Waals surface area contributed by atoms with Gasteiger partial charge in [0.25, 0.3) is 5.56 Å². The molecule has 0 aliphatic carbocycles. The van der Waals surface area contributed by atoms with Gasteiger partial charge in [0.05, 0.1) is 16.9 Å². The van der Waals surface area contributed by atoms with Crippen molar-refractivity contribution in [2.45, 2.75) is 39.5 Å². The SMILES string of the molecule is Cc1sc2nc(C(C)NCc3ccc4oc(=O)[nH]c4c3)[nH]c(=O)c2c1C.O=C(O)C(F)(F)F. The minimum absolute atomic E-state index is 0.0992. The van der Waals surface area contributed by atoms with E-state index < -0.39 is 17.9 Å². The Morgan fingerprint density at radius 3 is 2.58 bits per heavy atom. The Kier molecular flexibility index (Phi) is 6.74. The molecule has 13 heteroatoms. The molecule has 0 aliphatic heterocycles. The van der Waals surface area contributed by atoms with E-state index in [4.69, 9.17) is 14.3 Å². The van der Waals surface area contributed by atoms with E-state index in [9.17, 15) is 22.8 Å². The number of halogens is 3. The van der Waals surface area contributed by atoms with Crippen LogP contribution < -0.4 is 16.6 Å². The first-order valence-electron chi connectivity index (χ1n) is 9.52. The van der Waals surface area contributed by atoms with E-state index in [1.165, 1.54) is 11.3 Å². The summed E-state index contributed by atoms with van der Waals surface area (Å²) in [4.78, 5) is 44.6. The van der Waals surface area contributed by atoms with Crippen molar-refractivity contribution in [2.75, 3.05) is 0 Å². The van der Waals surface area contributed by atoms with Gasteiger partial charge < -0.3 is 19.8 Å². The van der Waals surface area contributed by atoms with Gasteiger partial charge in [-0.15, -0.1) is 11.3 Å². The fourth-order valence-electron chi connectivity index (χ4n) is 2.95. The molecule has 176 valence electrons. The number of carbonyl (C=O) groups is 1. The lowest BCUT2D eigenvalue weighted by Gasteiger charge is -2.13. The first kappa shape index (κ1) is 24.2. The van der Waals surface area contributed by atoms with Crippen LogP contribution in [0.4, 0.5) is 13.2 Å². The highest BCUT2D eigenvalue weighted by Crippen LogP contribution is 2.26. The van der Waals surface area contributed by atoms with Crippen molar-refractivity contribution in [3.8, 4) is 0 Å². The Morgan fingerprint density at radius 2 is 1.94 bits per heavy atom. The number of carboxylic acid groups (broad SMARTS) is 1. The molecule has 0 bridgehead atoms. The summed E-state index contributed by atoms with van der Waals surface area (Å²) in [5, 5.41) is 11.2. The molecule has 0 spiro atoms. The van der Waals surface area contributed by atoms with Gasteiger partial charge in [-0.3, -0.25) is 9.78 Å². The van der Waals surface area contributed by atoms with Crippen LogP contribution in [0.5, 0.6) is 0 Å². The van der Waals surface area contributed by atoms with Crippen LogP contribution >= 0.6 is 11.3 Å². The van der Waals surface area contributed by atoms with Crippen LogP contribution in [0, 0.1) is 13.8 Å². The number of thiophene rings is 1. The Bertz CT molecular complexity index is 1430. The number of H-pyrrole nitrogens is 2. The Morgan fingerprint density at radius 1 is 1.27 bits per heavy atom. The molecule has 1 aromatic carbocycles. The number of aromatic nitrogens is 3. The molecule has 0 amide bonds. The van der Waals surface area contributed by atoms with E-state index in [1.807, 2.05) is 32.9 Å². The zero-order chi connectivity index (χ0) is 24.5. The number of hydrogen-bond donors (Lipinski definition) is 4. The molecule has 4 aromatic rings. The lowest BCUT2D eigenvalue weighted by Crippen LogP contribution is -2.23. The second-order valence-corrected chi connectivity index (χ2v) is 8.37. The predicted octanol–water partition coefficient (Wildman–Crippen LogP) is 3.52. The van der Waals surface area contributed by atoms with Crippen molar-refractivity contribution in [3.63, 3.8) is 0 Å². The first-order chi connectivity index (χ1) is 15.4. The summed E-state index contributed by atoms with van der Waals surface area (Å²) < 4.78 is 36.7. The van der Waals surface area contributed by atoms with E-state index in [2.05, 4.69) is 20.3 Å². The van der Waals surface area contributed by atoms with Crippen LogP contribution in [-0.2, 0) is 11.3 Å². The van der Waals surface area contributed by atoms with E-state index >= 15 is 0 Å². The summed E-state index contributed by atoms with van der Waals surface area (Å²) >= 11 is 1.54. The smallest absolute Gasteiger partial charge is 0.475 e. The van der Waals surface area contributed by atoms with Crippen molar-refractivity contribution >= 4 is 38.6 Å². The van der Waals surface area contributed by atoms with Gasteiger partial charge in [-0.2, -0.15) is 13.2 Å². The monoisotopic (exact) mass is 484 g/mol. The number of alkyl halides is 3. The van der Waals surface area contributed by atoms with E-state index in [1.54, 1.807) is 6.07 Å². The molecular weight excluding hydrogens is 465 g/mol. The maximum atomic E-state index is 12.4. The zero-order valence-electron chi connectivity index (χ0n) is 17.6. The highest BCUT2D eigenvalue weighted by molar-refractivity contribution is 7.18.